The molecule has 0 amide bonds. The molecule has 0 saturated heterocycles. The monoisotopic (exact) mass is 104 g/mol. The highest BCUT2D eigenvalue weighted by Gasteiger charge is 1.83. The lowest BCUT2D eigenvalue weighted by atomic mass is 10.3. The van der Waals surface area contributed by atoms with E-state index >= 15 is 0 Å². The van der Waals surface area contributed by atoms with Crippen LogP contribution in [-0.4, -0.2) is 6.54 Å². The smallest absolute Gasteiger partial charge is 0.0942 e. The van der Waals surface area contributed by atoms with Gasteiger partial charge < -0.3 is 5.21 Å². The summed E-state index contributed by atoms with van der Waals surface area (Å²) < 4.78 is 0. The van der Waals surface area contributed by atoms with Gasteiger partial charge in [0.05, 0.1) is 6.54 Å². The Labute approximate surface area is 43.7 Å². The molecule has 3 N–H and O–H groups in total. The van der Waals surface area contributed by atoms with Crippen molar-refractivity contribution in [2.75, 3.05) is 6.54 Å². The lowest BCUT2D eigenvalue weighted by Gasteiger charge is -2.12. The molecular weight excluding hydrogens is 92.1 g/mol. The van der Waals surface area contributed by atoms with Crippen LogP contribution in [0.4, 0.5) is 0 Å². The predicted octanol–water partition coefficient (Wildman–Crippen LogP) is -0.957. The molecule has 0 spiro atoms. The van der Waals surface area contributed by atoms with E-state index in [1.165, 1.54) is 0 Å². The molecule has 0 heterocycles. The normalized spacial score (nSPS) is 14.1. The number of hydroxylamine groups is 1. The zero-order valence-corrected chi connectivity index (χ0v) is 4.61. The zero-order valence-electron chi connectivity index (χ0n) is 4.61. The maximum atomic E-state index is 9.98. The van der Waals surface area contributed by atoms with Crippen molar-refractivity contribution in [2.45, 2.75) is 19.8 Å². The summed E-state index contributed by atoms with van der Waals surface area (Å²) in [5.74, 6) is 4.84. The highest BCUT2D eigenvalue weighted by molar-refractivity contribution is 4.25. The average Bonchev–Trinajstić information content (AvgIpc) is 1.61. The van der Waals surface area contributed by atoms with E-state index in [9.17, 15) is 5.21 Å². The number of rotatable bonds is 3. The van der Waals surface area contributed by atoms with Crippen LogP contribution < -0.4 is 11.0 Å². The summed E-state index contributed by atoms with van der Waals surface area (Å²) in [6, 6.07) is 0. The van der Waals surface area contributed by atoms with E-state index in [2.05, 4.69) is 0 Å². The van der Waals surface area contributed by atoms with Gasteiger partial charge in [0.15, 0.2) is 0 Å². The second kappa shape index (κ2) is 4.05. The van der Waals surface area contributed by atoms with Crippen LogP contribution in [-0.2, 0) is 0 Å². The van der Waals surface area contributed by atoms with E-state index in [0.717, 1.165) is 12.8 Å². The van der Waals surface area contributed by atoms with Gasteiger partial charge in [0.2, 0.25) is 0 Å². The molecule has 0 aliphatic rings. The highest BCUT2D eigenvalue weighted by atomic mass is 16.5. The number of unbranched alkanes of at least 4 members (excludes halogenated alkanes) is 1. The van der Waals surface area contributed by atoms with E-state index < -0.39 is 0 Å². The molecule has 1 unspecified atom stereocenters. The third kappa shape index (κ3) is 5.88. The molecule has 0 saturated carbocycles. The minimum absolute atomic E-state index is 0.193. The van der Waals surface area contributed by atoms with Gasteiger partial charge in [0.25, 0.3) is 0 Å². The molecule has 0 aromatic carbocycles. The third-order valence-electron chi connectivity index (χ3n) is 0.777. The number of quaternary nitrogens is 1. The molecule has 0 aliphatic carbocycles. The van der Waals surface area contributed by atoms with Gasteiger partial charge in [-0.05, 0) is 6.42 Å². The molecule has 0 aliphatic heterocycles. The van der Waals surface area contributed by atoms with Crippen LogP contribution in [0.2, 0.25) is 0 Å². The summed E-state index contributed by atoms with van der Waals surface area (Å²) in [5.41, 5.74) is 0. The Morgan fingerprint density at radius 2 is 2.29 bits per heavy atom. The quantitative estimate of drug-likeness (QED) is 0.358. The van der Waals surface area contributed by atoms with E-state index in [-0.39, 0.29) is 5.17 Å². The van der Waals surface area contributed by atoms with Crippen LogP contribution in [0, 0.1) is 5.21 Å². The first-order chi connectivity index (χ1) is 3.27. The van der Waals surface area contributed by atoms with Crippen molar-refractivity contribution in [3.8, 4) is 0 Å². The first kappa shape index (κ1) is 6.88. The second-order valence-corrected chi connectivity index (χ2v) is 1.57. The Bertz CT molecular complexity index is 38.7. The topological polar surface area (TPSA) is 53.5 Å². The highest BCUT2D eigenvalue weighted by Crippen LogP contribution is 1.77. The Morgan fingerprint density at radius 1 is 1.71 bits per heavy atom. The molecule has 0 fully saturated rings. The molecule has 0 radical (unpaired) electrons. The van der Waals surface area contributed by atoms with Gasteiger partial charge >= 0.3 is 0 Å². The van der Waals surface area contributed by atoms with Crippen molar-refractivity contribution in [3.63, 3.8) is 0 Å². The largest absolute Gasteiger partial charge is 0.613 e. The first-order valence-electron chi connectivity index (χ1n) is 2.55. The van der Waals surface area contributed by atoms with Gasteiger partial charge in [-0.15, -0.1) is 0 Å². The number of nitrogens with two attached hydrogens (primary N) is 1. The van der Waals surface area contributed by atoms with Crippen LogP contribution in [0.3, 0.4) is 0 Å². The van der Waals surface area contributed by atoms with Crippen molar-refractivity contribution in [3.05, 3.63) is 5.21 Å². The molecule has 0 aromatic heterocycles. The Balaban J connectivity index is 2.68. The molecule has 44 valence electrons. The number of hydrogen-bond acceptors (Lipinski definition) is 2. The fraction of sp³-hybridized carbons (Fsp3) is 1.00. The van der Waals surface area contributed by atoms with Crippen LogP contribution >= 0.6 is 0 Å². The summed E-state index contributed by atoms with van der Waals surface area (Å²) in [6.07, 6.45) is 1.97. The maximum absolute atomic E-state index is 9.98. The minimum atomic E-state index is -0.193. The lowest BCUT2D eigenvalue weighted by molar-refractivity contribution is -0.861. The Kier molecular flexibility index (Phi) is 3.98. The molecular formula is C4H12N2O. The van der Waals surface area contributed by atoms with E-state index in [4.69, 9.17) is 5.84 Å². The van der Waals surface area contributed by atoms with Crippen molar-refractivity contribution in [1.29, 1.82) is 0 Å². The third-order valence-corrected chi connectivity index (χ3v) is 0.777. The van der Waals surface area contributed by atoms with Crippen molar-refractivity contribution in [2.24, 2.45) is 5.84 Å². The van der Waals surface area contributed by atoms with Gasteiger partial charge in [0, 0.05) is 0 Å². The molecule has 7 heavy (non-hydrogen) atoms. The Hall–Kier alpha value is -0.120. The van der Waals surface area contributed by atoms with Crippen LogP contribution in [0.5, 0.6) is 0 Å². The molecule has 0 bridgehead atoms. The SMILES string of the molecule is CCCC[NH+](N)[O-]. The van der Waals surface area contributed by atoms with Gasteiger partial charge in [-0.1, -0.05) is 13.3 Å². The zero-order chi connectivity index (χ0) is 5.70. The fourth-order valence-electron chi connectivity index (χ4n) is 0.351. The lowest BCUT2D eigenvalue weighted by Crippen LogP contribution is -3.13. The van der Waals surface area contributed by atoms with Crippen molar-refractivity contribution >= 4 is 0 Å². The molecule has 3 nitrogen and oxygen atoms in total. The maximum Gasteiger partial charge on any atom is 0.0942 e. The fourth-order valence-corrected chi connectivity index (χ4v) is 0.351. The first-order valence-corrected chi connectivity index (χ1v) is 2.55. The second-order valence-electron chi connectivity index (χ2n) is 1.57. The van der Waals surface area contributed by atoms with Crippen molar-refractivity contribution < 1.29 is 5.17 Å². The number of hydrogen-bond donors (Lipinski definition) is 2. The van der Waals surface area contributed by atoms with E-state index in [1.807, 2.05) is 6.92 Å². The summed E-state index contributed by atoms with van der Waals surface area (Å²) >= 11 is 0. The van der Waals surface area contributed by atoms with Crippen LogP contribution in [0.15, 0.2) is 0 Å². The van der Waals surface area contributed by atoms with Gasteiger partial charge in [-0.2, -0.15) is 5.84 Å². The molecule has 0 rings (SSSR count). The number of nitrogens with one attached hydrogen (secondary N) is 1. The molecule has 1 atom stereocenters. The summed E-state index contributed by atoms with van der Waals surface area (Å²) in [5, 5.41) is 9.79. The predicted molar refractivity (Wildman–Crippen MR) is 28.3 cm³/mol. The van der Waals surface area contributed by atoms with Gasteiger partial charge in [-0.3, -0.25) is 5.17 Å². The van der Waals surface area contributed by atoms with E-state index in [1.54, 1.807) is 0 Å². The average molecular weight is 104 g/mol. The summed E-state index contributed by atoms with van der Waals surface area (Å²) in [7, 11) is 0. The minimum Gasteiger partial charge on any atom is -0.613 e. The molecule has 3 heteroatoms. The van der Waals surface area contributed by atoms with Crippen LogP contribution in [0.25, 0.3) is 0 Å². The summed E-state index contributed by atoms with van der Waals surface area (Å²) in [4.78, 5) is 0. The van der Waals surface area contributed by atoms with Crippen LogP contribution in [0.1, 0.15) is 19.8 Å². The standard InChI is InChI=1S/C4H12N2O/c1-2-3-4-6(5)7/h6H,2-5H2,1H3. The van der Waals surface area contributed by atoms with E-state index in [0.29, 0.717) is 6.54 Å². The summed E-state index contributed by atoms with van der Waals surface area (Å²) in [6.45, 7) is 2.57. The van der Waals surface area contributed by atoms with Crippen molar-refractivity contribution in [1.82, 2.24) is 0 Å². The van der Waals surface area contributed by atoms with Gasteiger partial charge in [0.1, 0.15) is 0 Å². The Morgan fingerprint density at radius 3 is 2.43 bits per heavy atom. The molecule has 0 aromatic rings. The van der Waals surface area contributed by atoms with Gasteiger partial charge in [-0.25, -0.2) is 0 Å².